The summed E-state index contributed by atoms with van der Waals surface area (Å²) in [5.74, 6) is -0.911. The van der Waals surface area contributed by atoms with Crippen LogP contribution < -0.4 is 44.2 Å². The number of amides is 4. The second kappa shape index (κ2) is 24.9. The van der Waals surface area contributed by atoms with Crippen molar-refractivity contribution in [1.82, 2.24) is 21.3 Å². The molecule has 12 N–H and O–H groups in total. The smallest absolute Gasteiger partial charge is 0.242 e. The number of aliphatic imine (C=N–C) groups is 2. The predicted molar refractivity (Wildman–Crippen MR) is 198 cm³/mol. The van der Waals surface area contributed by atoms with Gasteiger partial charge in [-0.05, 0) is 49.7 Å². The Morgan fingerprint density at radius 3 is 1.24 bits per heavy atom. The van der Waals surface area contributed by atoms with Crippen LogP contribution in [0, 0.1) is 0 Å². The molecule has 2 rings (SSSR count). The van der Waals surface area contributed by atoms with Crippen LogP contribution in [0.15, 0.2) is 70.6 Å². The molecule has 0 spiro atoms. The van der Waals surface area contributed by atoms with E-state index in [2.05, 4.69) is 31.3 Å². The lowest BCUT2D eigenvalue weighted by Crippen LogP contribution is -2.47. The molecule has 0 aliphatic carbocycles. The van der Waals surface area contributed by atoms with Gasteiger partial charge in [0.2, 0.25) is 23.6 Å². The van der Waals surface area contributed by atoms with Gasteiger partial charge in [-0.3, -0.25) is 29.2 Å². The van der Waals surface area contributed by atoms with E-state index < -0.39 is 12.1 Å². The van der Waals surface area contributed by atoms with E-state index in [9.17, 15) is 19.2 Å². The first-order valence-electron chi connectivity index (χ1n) is 17.5. The van der Waals surface area contributed by atoms with Crippen molar-refractivity contribution in [3.8, 4) is 0 Å². The lowest BCUT2D eigenvalue weighted by atomic mass is 10.1. The van der Waals surface area contributed by atoms with Gasteiger partial charge in [-0.25, -0.2) is 0 Å². The van der Waals surface area contributed by atoms with E-state index in [0.717, 1.165) is 49.7 Å². The molecule has 0 aliphatic heterocycles. The SMILES string of the molecule is NC(N)=NCCC[C@H](NC(=O)Cc1ccccc1)C(=O)NCCCCCCCCNC(=O)[C@H](CCCN=C(N)N)NC(=O)Cc1ccccc1. The monoisotopic (exact) mass is 692 g/mol. The number of carbonyl (C=O) groups excluding carboxylic acids is 4. The van der Waals surface area contributed by atoms with E-state index in [4.69, 9.17) is 22.9 Å². The fourth-order valence-corrected chi connectivity index (χ4v) is 5.22. The largest absolute Gasteiger partial charge is 0.370 e. The number of guanidine groups is 2. The van der Waals surface area contributed by atoms with E-state index in [0.29, 0.717) is 51.9 Å². The molecule has 0 saturated carbocycles. The fraction of sp³-hybridized carbons (Fsp3) is 0.500. The molecule has 0 fully saturated rings. The molecule has 0 aromatic heterocycles. The first-order chi connectivity index (χ1) is 24.1. The highest BCUT2D eigenvalue weighted by atomic mass is 16.2. The van der Waals surface area contributed by atoms with Gasteiger partial charge in [0.1, 0.15) is 12.1 Å². The van der Waals surface area contributed by atoms with Crippen LogP contribution in [0.5, 0.6) is 0 Å². The average Bonchev–Trinajstić information content (AvgIpc) is 3.08. The highest BCUT2D eigenvalue weighted by Crippen LogP contribution is 2.07. The lowest BCUT2D eigenvalue weighted by molar-refractivity contribution is -0.128. The van der Waals surface area contributed by atoms with Crippen molar-refractivity contribution in [2.45, 2.75) is 89.1 Å². The molecule has 50 heavy (non-hydrogen) atoms. The van der Waals surface area contributed by atoms with Gasteiger partial charge in [-0.1, -0.05) is 86.3 Å². The molecular formula is C36H56N10O4. The van der Waals surface area contributed by atoms with Crippen molar-refractivity contribution < 1.29 is 19.2 Å². The number of rotatable bonds is 25. The molecule has 0 radical (unpaired) electrons. The summed E-state index contributed by atoms with van der Waals surface area (Å²) < 4.78 is 0. The number of nitrogens with one attached hydrogen (secondary N) is 4. The zero-order chi connectivity index (χ0) is 36.4. The Morgan fingerprint density at radius 2 is 0.880 bits per heavy atom. The Kier molecular flexibility index (Phi) is 20.5. The van der Waals surface area contributed by atoms with Crippen molar-refractivity contribution in [2.24, 2.45) is 32.9 Å². The van der Waals surface area contributed by atoms with Crippen molar-refractivity contribution in [3.05, 3.63) is 71.8 Å². The third-order valence-corrected chi connectivity index (χ3v) is 7.81. The van der Waals surface area contributed by atoms with Crippen molar-refractivity contribution in [3.63, 3.8) is 0 Å². The number of unbranched alkanes of at least 4 members (excludes halogenated alkanes) is 5. The zero-order valence-electron chi connectivity index (χ0n) is 29.1. The van der Waals surface area contributed by atoms with Gasteiger partial charge >= 0.3 is 0 Å². The Balaban J connectivity index is 1.66. The number of hydrogen-bond donors (Lipinski definition) is 8. The van der Waals surface area contributed by atoms with E-state index in [1.54, 1.807) is 0 Å². The molecule has 274 valence electrons. The summed E-state index contributed by atoms with van der Waals surface area (Å²) in [6, 6.07) is 17.4. The minimum atomic E-state index is -0.675. The number of nitrogens with zero attached hydrogens (tertiary/aromatic N) is 2. The van der Waals surface area contributed by atoms with E-state index in [1.165, 1.54) is 0 Å². The van der Waals surface area contributed by atoms with Gasteiger partial charge < -0.3 is 44.2 Å². The number of benzene rings is 2. The van der Waals surface area contributed by atoms with Gasteiger partial charge in [0.25, 0.3) is 0 Å². The van der Waals surface area contributed by atoms with Crippen molar-refractivity contribution in [1.29, 1.82) is 0 Å². The van der Waals surface area contributed by atoms with E-state index in [-0.39, 0.29) is 48.4 Å². The van der Waals surface area contributed by atoms with Crippen LogP contribution in [-0.2, 0) is 32.0 Å². The number of nitrogens with two attached hydrogens (primary N) is 4. The Bertz CT molecular complexity index is 1240. The Morgan fingerprint density at radius 1 is 0.520 bits per heavy atom. The molecule has 0 aliphatic rings. The van der Waals surface area contributed by atoms with Gasteiger partial charge in [-0.2, -0.15) is 0 Å². The van der Waals surface area contributed by atoms with Gasteiger partial charge in [-0.15, -0.1) is 0 Å². The second-order valence-corrected chi connectivity index (χ2v) is 12.2. The van der Waals surface area contributed by atoms with Crippen LogP contribution in [0.3, 0.4) is 0 Å². The molecule has 2 aromatic rings. The van der Waals surface area contributed by atoms with Crippen LogP contribution in [0.25, 0.3) is 0 Å². The summed E-state index contributed by atoms with van der Waals surface area (Å²) in [5, 5.41) is 11.6. The third-order valence-electron chi connectivity index (χ3n) is 7.81. The maximum absolute atomic E-state index is 12.9. The lowest BCUT2D eigenvalue weighted by Gasteiger charge is -2.18. The third kappa shape index (κ3) is 19.6. The summed E-state index contributed by atoms with van der Waals surface area (Å²) in [4.78, 5) is 59.0. The topological polar surface area (TPSA) is 245 Å². The van der Waals surface area contributed by atoms with E-state index in [1.807, 2.05) is 60.7 Å². The highest BCUT2D eigenvalue weighted by Gasteiger charge is 2.21. The number of carbonyl (C=O) groups is 4. The second-order valence-electron chi connectivity index (χ2n) is 12.2. The van der Waals surface area contributed by atoms with Gasteiger partial charge in [0.05, 0.1) is 12.8 Å². The van der Waals surface area contributed by atoms with E-state index >= 15 is 0 Å². The van der Waals surface area contributed by atoms with Crippen LogP contribution in [-0.4, -0.2) is 73.8 Å². The quantitative estimate of drug-likeness (QED) is 0.0425. The van der Waals surface area contributed by atoms with Crippen molar-refractivity contribution >= 4 is 35.5 Å². The first-order valence-corrected chi connectivity index (χ1v) is 17.5. The molecular weight excluding hydrogens is 636 g/mol. The maximum atomic E-state index is 12.9. The summed E-state index contributed by atoms with van der Waals surface area (Å²) in [6.07, 6.45) is 7.78. The Hall–Kier alpha value is -5.14. The molecule has 2 atom stereocenters. The molecule has 14 heteroatoms. The molecule has 2 aromatic carbocycles. The summed E-state index contributed by atoms with van der Waals surface area (Å²) in [5.41, 5.74) is 23.3. The van der Waals surface area contributed by atoms with Crippen molar-refractivity contribution in [2.75, 3.05) is 26.2 Å². The summed E-state index contributed by atoms with van der Waals surface area (Å²) >= 11 is 0. The standard InChI is InChI=1S/C36H56N10O4/c37-35(38)43-23-13-19-29(45-31(47)25-27-15-7-5-8-16-27)33(49)41-21-11-3-1-2-4-12-22-42-34(50)30(20-14-24-44-36(39)40)46-32(48)26-28-17-9-6-10-18-28/h5-10,15-18,29-30H,1-4,11-14,19-26H2,(H,41,49)(H,42,50)(H,45,47)(H,46,48)(H4,37,38,43)(H4,39,40,44)/t29-,30-/m0/s1. The minimum Gasteiger partial charge on any atom is -0.370 e. The van der Waals surface area contributed by atoms with Crippen LogP contribution >= 0.6 is 0 Å². The van der Waals surface area contributed by atoms with Crippen LogP contribution in [0.1, 0.15) is 75.3 Å². The predicted octanol–water partition coefficient (Wildman–Crippen LogP) is 1.12. The van der Waals surface area contributed by atoms with Crippen LogP contribution in [0.4, 0.5) is 0 Å². The normalized spacial score (nSPS) is 11.8. The molecule has 0 unspecified atom stereocenters. The maximum Gasteiger partial charge on any atom is 0.242 e. The fourth-order valence-electron chi connectivity index (χ4n) is 5.22. The highest BCUT2D eigenvalue weighted by molar-refractivity contribution is 5.89. The average molecular weight is 693 g/mol. The summed E-state index contributed by atoms with van der Waals surface area (Å²) in [6.45, 7) is 1.76. The molecule has 0 saturated heterocycles. The Labute approximate surface area is 295 Å². The van der Waals surface area contributed by atoms with Gasteiger partial charge in [0.15, 0.2) is 11.9 Å². The van der Waals surface area contributed by atoms with Crippen LogP contribution in [0.2, 0.25) is 0 Å². The zero-order valence-corrected chi connectivity index (χ0v) is 29.1. The molecule has 4 amide bonds. The van der Waals surface area contributed by atoms with Gasteiger partial charge in [0, 0.05) is 26.2 Å². The molecule has 0 bridgehead atoms. The molecule has 14 nitrogen and oxygen atoms in total. The summed E-state index contributed by atoms with van der Waals surface area (Å²) in [7, 11) is 0. The first kappa shape index (κ1) is 41.0. The molecule has 0 heterocycles. The number of hydrogen-bond acceptors (Lipinski definition) is 6. The minimum absolute atomic E-state index is 0.00930.